The van der Waals surface area contributed by atoms with Gasteiger partial charge < -0.3 is 10.1 Å². The summed E-state index contributed by atoms with van der Waals surface area (Å²) in [5.74, 6) is -0.698. The van der Waals surface area contributed by atoms with E-state index in [0.29, 0.717) is 0 Å². The lowest BCUT2D eigenvalue weighted by atomic mass is 10.2. The molecule has 2 aromatic rings. The maximum absolute atomic E-state index is 13.4. The van der Waals surface area contributed by atoms with E-state index in [2.05, 4.69) is 10.3 Å². The van der Waals surface area contributed by atoms with Crippen LogP contribution in [0.15, 0.2) is 29.6 Å². The highest BCUT2D eigenvalue weighted by atomic mass is 32.1. The van der Waals surface area contributed by atoms with Crippen molar-refractivity contribution in [2.75, 3.05) is 6.61 Å². The number of rotatable bonds is 6. The van der Waals surface area contributed by atoms with E-state index < -0.39 is 5.82 Å². The van der Waals surface area contributed by atoms with E-state index in [-0.39, 0.29) is 24.3 Å². The summed E-state index contributed by atoms with van der Waals surface area (Å²) in [4.78, 5) is 16.3. The molecular formula is C15H17FN2O2S. The molecule has 1 N–H and O–H groups in total. The number of benzene rings is 1. The Morgan fingerprint density at radius 2 is 2.24 bits per heavy atom. The van der Waals surface area contributed by atoms with Gasteiger partial charge in [-0.1, -0.05) is 19.1 Å². The van der Waals surface area contributed by atoms with Gasteiger partial charge in [-0.3, -0.25) is 4.79 Å². The van der Waals surface area contributed by atoms with Crippen molar-refractivity contribution < 1.29 is 13.9 Å². The average molecular weight is 308 g/mol. The monoisotopic (exact) mass is 308 g/mol. The maximum atomic E-state index is 13.4. The Kier molecular flexibility index (Phi) is 5.27. The molecule has 0 aliphatic rings. The molecule has 1 atom stereocenters. The highest BCUT2D eigenvalue weighted by Gasteiger charge is 2.16. The SMILES string of the molecule is CCC(NC(=O)COc1ccccc1F)c1nc(C)cs1. The Hall–Kier alpha value is -1.95. The van der Waals surface area contributed by atoms with Crippen LogP contribution >= 0.6 is 11.3 Å². The van der Waals surface area contributed by atoms with Gasteiger partial charge in [0.1, 0.15) is 5.01 Å². The Bertz CT molecular complexity index is 615. The Labute approximate surface area is 127 Å². The first kappa shape index (κ1) is 15.4. The first-order valence-corrected chi connectivity index (χ1v) is 7.56. The van der Waals surface area contributed by atoms with Gasteiger partial charge in [-0.2, -0.15) is 0 Å². The maximum Gasteiger partial charge on any atom is 0.258 e. The summed E-state index contributed by atoms with van der Waals surface area (Å²) in [7, 11) is 0. The molecule has 1 aromatic carbocycles. The quantitative estimate of drug-likeness (QED) is 0.891. The predicted molar refractivity (Wildman–Crippen MR) is 79.9 cm³/mol. The molecule has 1 heterocycles. The number of thiazole rings is 1. The van der Waals surface area contributed by atoms with E-state index in [0.717, 1.165) is 17.1 Å². The van der Waals surface area contributed by atoms with Crippen molar-refractivity contribution in [1.82, 2.24) is 10.3 Å². The molecule has 1 unspecified atom stereocenters. The lowest BCUT2D eigenvalue weighted by molar-refractivity contribution is -0.123. The van der Waals surface area contributed by atoms with Crippen LogP contribution in [0.5, 0.6) is 5.75 Å². The van der Waals surface area contributed by atoms with Crippen LogP contribution in [0, 0.1) is 12.7 Å². The van der Waals surface area contributed by atoms with Crippen LogP contribution in [-0.4, -0.2) is 17.5 Å². The van der Waals surface area contributed by atoms with Gasteiger partial charge >= 0.3 is 0 Å². The van der Waals surface area contributed by atoms with Crippen LogP contribution in [-0.2, 0) is 4.79 Å². The number of hydrogen-bond donors (Lipinski definition) is 1. The highest BCUT2D eigenvalue weighted by molar-refractivity contribution is 7.09. The van der Waals surface area contributed by atoms with Gasteiger partial charge in [-0.05, 0) is 25.5 Å². The summed E-state index contributed by atoms with van der Waals surface area (Å²) in [6.07, 6.45) is 0.735. The molecule has 0 radical (unpaired) electrons. The number of nitrogens with one attached hydrogen (secondary N) is 1. The minimum Gasteiger partial charge on any atom is -0.481 e. The molecule has 0 saturated heterocycles. The fraction of sp³-hybridized carbons (Fsp3) is 0.333. The van der Waals surface area contributed by atoms with Gasteiger partial charge in [-0.25, -0.2) is 9.37 Å². The molecule has 1 aromatic heterocycles. The number of carbonyl (C=O) groups excluding carboxylic acids is 1. The first-order valence-electron chi connectivity index (χ1n) is 6.69. The summed E-state index contributed by atoms with van der Waals surface area (Å²) in [5, 5.41) is 5.66. The zero-order valence-corrected chi connectivity index (χ0v) is 12.7. The summed E-state index contributed by atoms with van der Waals surface area (Å²) < 4.78 is 18.6. The van der Waals surface area contributed by atoms with E-state index in [1.165, 1.54) is 23.5 Å². The van der Waals surface area contributed by atoms with Crippen molar-refractivity contribution in [3.8, 4) is 5.75 Å². The number of ether oxygens (including phenoxy) is 1. The molecular weight excluding hydrogens is 291 g/mol. The third kappa shape index (κ3) is 4.26. The number of hydrogen-bond acceptors (Lipinski definition) is 4. The molecule has 4 nitrogen and oxygen atoms in total. The van der Waals surface area contributed by atoms with Gasteiger partial charge in [0.25, 0.3) is 5.91 Å². The molecule has 6 heteroatoms. The minimum absolute atomic E-state index is 0.0748. The lowest BCUT2D eigenvalue weighted by Crippen LogP contribution is -2.32. The third-order valence-corrected chi connectivity index (χ3v) is 3.95. The van der Waals surface area contributed by atoms with Crippen LogP contribution < -0.4 is 10.1 Å². The van der Waals surface area contributed by atoms with Crippen LogP contribution in [0.2, 0.25) is 0 Å². The van der Waals surface area contributed by atoms with Gasteiger partial charge in [0.2, 0.25) is 0 Å². The fourth-order valence-corrected chi connectivity index (χ4v) is 2.74. The van der Waals surface area contributed by atoms with E-state index in [4.69, 9.17) is 4.74 Å². The molecule has 0 spiro atoms. The Balaban J connectivity index is 1.90. The van der Waals surface area contributed by atoms with Crippen molar-refractivity contribution in [3.05, 3.63) is 46.2 Å². The van der Waals surface area contributed by atoms with Crippen molar-refractivity contribution in [3.63, 3.8) is 0 Å². The second-order valence-electron chi connectivity index (χ2n) is 4.57. The second-order valence-corrected chi connectivity index (χ2v) is 5.46. The average Bonchev–Trinajstić information content (AvgIpc) is 2.90. The molecule has 0 bridgehead atoms. The number of halogens is 1. The molecule has 112 valence electrons. The molecule has 0 aliphatic carbocycles. The topological polar surface area (TPSA) is 51.2 Å². The molecule has 0 saturated carbocycles. The lowest BCUT2D eigenvalue weighted by Gasteiger charge is -2.15. The van der Waals surface area contributed by atoms with E-state index in [1.54, 1.807) is 12.1 Å². The number of aromatic nitrogens is 1. The summed E-state index contributed by atoms with van der Waals surface area (Å²) in [6.45, 7) is 3.66. The minimum atomic E-state index is -0.479. The Morgan fingerprint density at radius 1 is 1.48 bits per heavy atom. The number of para-hydroxylation sites is 1. The first-order chi connectivity index (χ1) is 10.1. The highest BCUT2D eigenvalue weighted by Crippen LogP contribution is 2.21. The van der Waals surface area contributed by atoms with Crippen molar-refractivity contribution >= 4 is 17.2 Å². The normalized spacial score (nSPS) is 12.0. The van der Waals surface area contributed by atoms with Crippen LogP contribution in [0.4, 0.5) is 4.39 Å². The molecule has 0 fully saturated rings. The zero-order valence-electron chi connectivity index (χ0n) is 11.9. The number of nitrogens with zero attached hydrogens (tertiary/aromatic N) is 1. The van der Waals surface area contributed by atoms with E-state index in [9.17, 15) is 9.18 Å². The Morgan fingerprint density at radius 3 is 2.86 bits per heavy atom. The summed E-state index contributed by atoms with van der Waals surface area (Å²) in [6, 6.07) is 5.87. The second kappa shape index (κ2) is 7.17. The summed E-state index contributed by atoms with van der Waals surface area (Å²) >= 11 is 1.51. The van der Waals surface area contributed by atoms with Gasteiger partial charge in [0, 0.05) is 11.1 Å². The fourth-order valence-electron chi connectivity index (χ4n) is 1.81. The number of carbonyl (C=O) groups is 1. The van der Waals surface area contributed by atoms with Crippen LogP contribution in [0.3, 0.4) is 0 Å². The third-order valence-electron chi connectivity index (χ3n) is 2.87. The largest absolute Gasteiger partial charge is 0.481 e. The smallest absolute Gasteiger partial charge is 0.258 e. The van der Waals surface area contributed by atoms with Crippen molar-refractivity contribution in [2.24, 2.45) is 0 Å². The standard InChI is InChI=1S/C15H17FN2O2S/c1-3-12(15-17-10(2)9-21-15)18-14(19)8-20-13-7-5-4-6-11(13)16/h4-7,9,12H,3,8H2,1-2H3,(H,18,19). The summed E-state index contributed by atoms with van der Waals surface area (Å²) in [5.41, 5.74) is 0.935. The van der Waals surface area contributed by atoms with Gasteiger partial charge in [0.15, 0.2) is 18.2 Å². The number of aryl methyl sites for hydroxylation is 1. The predicted octanol–water partition coefficient (Wildman–Crippen LogP) is 3.24. The van der Waals surface area contributed by atoms with Gasteiger partial charge in [-0.15, -0.1) is 11.3 Å². The molecule has 2 rings (SSSR count). The van der Waals surface area contributed by atoms with Crippen molar-refractivity contribution in [1.29, 1.82) is 0 Å². The van der Waals surface area contributed by atoms with Crippen molar-refractivity contribution in [2.45, 2.75) is 26.3 Å². The molecule has 0 aliphatic heterocycles. The molecule has 21 heavy (non-hydrogen) atoms. The van der Waals surface area contributed by atoms with Gasteiger partial charge in [0.05, 0.1) is 6.04 Å². The van der Waals surface area contributed by atoms with E-state index in [1.807, 2.05) is 19.2 Å². The zero-order chi connectivity index (χ0) is 15.2. The van der Waals surface area contributed by atoms with Crippen LogP contribution in [0.25, 0.3) is 0 Å². The van der Waals surface area contributed by atoms with Crippen LogP contribution in [0.1, 0.15) is 30.1 Å². The number of amides is 1. The molecule has 1 amide bonds. The van der Waals surface area contributed by atoms with E-state index >= 15 is 0 Å².